The molecule has 0 saturated heterocycles. The summed E-state index contributed by atoms with van der Waals surface area (Å²) in [6, 6.07) is 15.4. The first-order valence-corrected chi connectivity index (χ1v) is 7.08. The van der Waals surface area contributed by atoms with Crippen LogP contribution in [0.3, 0.4) is 0 Å². The van der Waals surface area contributed by atoms with Crippen molar-refractivity contribution in [2.45, 2.75) is 20.1 Å². The van der Waals surface area contributed by atoms with Crippen molar-refractivity contribution >= 4 is 0 Å². The largest absolute Gasteiger partial charge is 0.487 e. The molecule has 3 rings (SSSR count). The van der Waals surface area contributed by atoms with Crippen LogP contribution >= 0.6 is 0 Å². The van der Waals surface area contributed by atoms with Crippen LogP contribution in [-0.2, 0) is 13.2 Å². The first kappa shape index (κ1) is 14.4. The SMILES string of the molecule is Cc1ccc(-c2nc(COc3cccc(CO)c3)co2)cc1. The maximum absolute atomic E-state index is 9.11. The Kier molecular flexibility index (Phi) is 4.21. The van der Waals surface area contributed by atoms with Gasteiger partial charge in [0.2, 0.25) is 5.89 Å². The van der Waals surface area contributed by atoms with E-state index in [4.69, 9.17) is 14.3 Å². The number of aryl methyl sites for hydroxylation is 1. The van der Waals surface area contributed by atoms with Crippen molar-refractivity contribution in [3.63, 3.8) is 0 Å². The molecule has 4 nitrogen and oxygen atoms in total. The third-order valence-corrected chi connectivity index (χ3v) is 3.32. The number of hydrogen-bond donors (Lipinski definition) is 1. The second-order valence-corrected chi connectivity index (χ2v) is 5.10. The van der Waals surface area contributed by atoms with Crippen LogP contribution in [0.4, 0.5) is 0 Å². The Bertz CT molecular complexity index is 747. The Morgan fingerprint density at radius 1 is 1.14 bits per heavy atom. The van der Waals surface area contributed by atoms with Gasteiger partial charge >= 0.3 is 0 Å². The smallest absolute Gasteiger partial charge is 0.226 e. The fourth-order valence-electron chi connectivity index (χ4n) is 2.09. The minimum Gasteiger partial charge on any atom is -0.487 e. The molecule has 0 amide bonds. The molecule has 3 aromatic rings. The molecule has 0 saturated carbocycles. The molecule has 1 heterocycles. The summed E-state index contributed by atoms with van der Waals surface area (Å²) in [5.74, 6) is 1.29. The molecule has 0 aliphatic carbocycles. The van der Waals surface area contributed by atoms with Crippen LogP contribution in [0, 0.1) is 6.92 Å². The van der Waals surface area contributed by atoms with Crippen molar-refractivity contribution in [3.8, 4) is 17.2 Å². The molecule has 0 spiro atoms. The highest BCUT2D eigenvalue weighted by Gasteiger charge is 2.07. The summed E-state index contributed by atoms with van der Waals surface area (Å²) in [5, 5.41) is 9.11. The Balaban J connectivity index is 1.67. The number of aliphatic hydroxyl groups is 1. The van der Waals surface area contributed by atoms with Gasteiger partial charge in [-0.05, 0) is 36.8 Å². The maximum atomic E-state index is 9.11. The Labute approximate surface area is 129 Å². The maximum Gasteiger partial charge on any atom is 0.226 e. The van der Waals surface area contributed by atoms with E-state index in [-0.39, 0.29) is 6.61 Å². The quantitative estimate of drug-likeness (QED) is 0.779. The summed E-state index contributed by atoms with van der Waals surface area (Å²) in [5.41, 5.74) is 3.68. The third-order valence-electron chi connectivity index (χ3n) is 3.32. The van der Waals surface area contributed by atoms with Gasteiger partial charge in [0.15, 0.2) is 0 Å². The molecule has 0 aliphatic rings. The van der Waals surface area contributed by atoms with Crippen molar-refractivity contribution in [2.75, 3.05) is 0 Å². The van der Waals surface area contributed by atoms with Gasteiger partial charge in [-0.1, -0.05) is 29.8 Å². The van der Waals surface area contributed by atoms with E-state index in [0.29, 0.717) is 18.2 Å². The van der Waals surface area contributed by atoms with Gasteiger partial charge in [0.25, 0.3) is 0 Å². The van der Waals surface area contributed by atoms with Crippen molar-refractivity contribution in [1.82, 2.24) is 4.98 Å². The number of rotatable bonds is 5. The lowest BCUT2D eigenvalue weighted by Crippen LogP contribution is -1.96. The molecule has 22 heavy (non-hydrogen) atoms. The summed E-state index contributed by atoms with van der Waals surface area (Å²) in [6.45, 7) is 2.36. The van der Waals surface area contributed by atoms with Crippen LogP contribution in [0.25, 0.3) is 11.5 Å². The molecule has 0 bridgehead atoms. The molecular weight excluding hydrogens is 278 g/mol. The summed E-state index contributed by atoms with van der Waals surface area (Å²) >= 11 is 0. The number of aliphatic hydroxyl groups excluding tert-OH is 1. The van der Waals surface area contributed by atoms with Crippen LogP contribution in [0.1, 0.15) is 16.8 Å². The van der Waals surface area contributed by atoms with Gasteiger partial charge in [-0.3, -0.25) is 0 Å². The summed E-state index contributed by atoms with van der Waals surface area (Å²) < 4.78 is 11.2. The topological polar surface area (TPSA) is 55.5 Å². The first-order valence-electron chi connectivity index (χ1n) is 7.08. The monoisotopic (exact) mass is 295 g/mol. The minimum absolute atomic E-state index is 0.00126. The van der Waals surface area contributed by atoms with E-state index in [1.807, 2.05) is 49.4 Å². The predicted octanol–water partition coefficient (Wildman–Crippen LogP) is 3.72. The number of aromatic nitrogens is 1. The Morgan fingerprint density at radius 3 is 2.73 bits per heavy atom. The Hall–Kier alpha value is -2.59. The van der Waals surface area contributed by atoms with E-state index < -0.39 is 0 Å². The number of nitrogens with zero attached hydrogens (tertiary/aromatic N) is 1. The zero-order valence-corrected chi connectivity index (χ0v) is 12.3. The summed E-state index contributed by atoms with van der Waals surface area (Å²) in [7, 11) is 0. The highest BCUT2D eigenvalue weighted by Crippen LogP contribution is 2.20. The van der Waals surface area contributed by atoms with Gasteiger partial charge in [-0.25, -0.2) is 4.98 Å². The molecular formula is C18H17NO3. The highest BCUT2D eigenvalue weighted by atomic mass is 16.5. The summed E-state index contributed by atoms with van der Waals surface area (Å²) in [6.07, 6.45) is 1.60. The number of hydrogen-bond acceptors (Lipinski definition) is 4. The van der Waals surface area contributed by atoms with Gasteiger partial charge in [0.1, 0.15) is 24.3 Å². The fraction of sp³-hybridized carbons (Fsp3) is 0.167. The van der Waals surface area contributed by atoms with Crippen LogP contribution in [0.5, 0.6) is 5.75 Å². The van der Waals surface area contributed by atoms with E-state index in [0.717, 1.165) is 16.8 Å². The zero-order chi connectivity index (χ0) is 15.4. The molecule has 0 radical (unpaired) electrons. The lowest BCUT2D eigenvalue weighted by Gasteiger charge is -2.05. The van der Waals surface area contributed by atoms with Gasteiger partial charge in [-0.2, -0.15) is 0 Å². The molecule has 1 N–H and O–H groups in total. The molecule has 112 valence electrons. The molecule has 0 atom stereocenters. The molecule has 0 aliphatic heterocycles. The first-order chi connectivity index (χ1) is 10.7. The van der Waals surface area contributed by atoms with E-state index in [9.17, 15) is 0 Å². The summed E-state index contributed by atoms with van der Waals surface area (Å²) in [4.78, 5) is 4.43. The molecule has 0 fully saturated rings. The van der Waals surface area contributed by atoms with Crippen molar-refractivity contribution in [1.29, 1.82) is 0 Å². The number of ether oxygens (including phenoxy) is 1. The van der Waals surface area contributed by atoms with Crippen LogP contribution < -0.4 is 4.74 Å². The normalized spacial score (nSPS) is 10.6. The average Bonchev–Trinajstić information content (AvgIpc) is 3.03. The Morgan fingerprint density at radius 2 is 1.95 bits per heavy atom. The molecule has 0 unspecified atom stereocenters. The van der Waals surface area contributed by atoms with Gasteiger partial charge < -0.3 is 14.3 Å². The lowest BCUT2D eigenvalue weighted by molar-refractivity contribution is 0.277. The van der Waals surface area contributed by atoms with Crippen LogP contribution in [0.15, 0.2) is 59.2 Å². The molecule has 4 heteroatoms. The van der Waals surface area contributed by atoms with Gasteiger partial charge in [0, 0.05) is 5.56 Å². The van der Waals surface area contributed by atoms with Crippen molar-refractivity contribution in [3.05, 3.63) is 71.6 Å². The fourth-order valence-corrected chi connectivity index (χ4v) is 2.09. The van der Waals surface area contributed by atoms with Crippen LogP contribution in [0.2, 0.25) is 0 Å². The number of benzene rings is 2. The van der Waals surface area contributed by atoms with E-state index in [1.165, 1.54) is 5.56 Å². The number of oxazole rings is 1. The average molecular weight is 295 g/mol. The zero-order valence-electron chi connectivity index (χ0n) is 12.3. The third kappa shape index (κ3) is 3.35. The van der Waals surface area contributed by atoms with Crippen molar-refractivity contribution in [2.24, 2.45) is 0 Å². The minimum atomic E-state index is -0.00126. The van der Waals surface area contributed by atoms with Crippen LogP contribution in [-0.4, -0.2) is 10.1 Å². The highest BCUT2D eigenvalue weighted by molar-refractivity contribution is 5.53. The van der Waals surface area contributed by atoms with E-state index >= 15 is 0 Å². The van der Waals surface area contributed by atoms with E-state index in [2.05, 4.69) is 4.98 Å². The van der Waals surface area contributed by atoms with E-state index in [1.54, 1.807) is 12.3 Å². The van der Waals surface area contributed by atoms with Crippen molar-refractivity contribution < 1.29 is 14.3 Å². The second kappa shape index (κ2) is 6.45. The molecule has 1 aromatic heterocycles. The standard InChI is InChI=1S/C18H17NO3/c1-13-5-7-15(8-6-13)18-19-16(12-22-18)11-21-17-4-2-3-14(9-17)10-20/h2-9,12,20H,10-11H2,1H3. The van der Waals surface area contributed by atoms with Gasteiger partial charge in [0.05, 0.1) is 6.61 Å². The predicted molar refractivity (Wildman–Crippen MR) is 83.4 cm³/mol. The second-order valence-electron chi connectivity index (χ2n) is 5.10. The van der Waals surface area contributed by atoms with Gasteiger partial charge in [-0.15, -0.1) is 0 Å². The lowest BCUT2D eigenvalue weighted by atomic mass is 10.1. The molecule has 2 aromatic carbocycles.